The van der Waals surface area contributed by atoms with Crippen molar-refractivity contribution in [3.63, 3.8) is 0 Å². The van der Waals surface area contributed by atoms with Gasteiger partial charge < -0.3 is 23.8 Å². The molecule has 0 saturated heterocycles. The SMILES string of the molecule is CC/C=C\C/C=C\C/C=C\C/C=C\CCCCCCCCCCCCC(=O)OC(COCCC(C(=O)O)[N+](C)(C)C)COC(=O)CCCCCCCC/C=C\C/C=C\C/C=C\CCCCC. The highest BCUT2D eigenvalue weighted by molar-refractivity contribution is 5.72. The number of unbranched alkanes of at least 4 members (excludes halogenated alkanes) is 19. The topological polar surface area (TPSA) is 99.1 Å². The van der Waals surface area contributed by atoms with Crippen LogP contribution in [0, 0.1) is 0 Å². The molecule has 0 aliphatic rings. The number of carbonyl (C=O) groups is 3. The summed E-state index contributed by atoms with van der Waals surface area (Å²) in [5, 5.41) is 9.67. The van der Waals surface area contributed by atoms with Gasteiger partial charge in [-0.3, -0.25) is 9.59 Å². The fourth-order valence-corrected chi connectivity index (χ4v) is 7.44. The van der Waals surface area contributed by atoms with E-state index in [2.05, 4.69) is 98.9 Å². The van der Waals surface area contributed by atoms with Gasteiger partial charge in [-0.25, -0.2) is 4.79 Å². The third-order valence-corrected chi connectivity index (χ3v) is 11.5. The Bertz CT molecular complexity index is 1350. The van der Waals surface area contributed by atoms with Crippen LogP contribution < -0.4 is 0 Å². The molecule has 0 aliphatic heterocycles. The minimum Gasteiger partial charge on any atom is -0.477 e. The monoisotopic (exact) mass is 923 g/mol. The first kappa shape index (κ1) is 62.5. The van der Waals surface area contributed by atoms with E-state index in [0.717, 1.165) is 89.9 Å². The summed E-state index contributed by atoms with van der Waals surface area (Å²) in [7, 11) is 5.53. The molecule has 0 spiro atoms. The fourth-order valence-electron chi connectivity index (χ4n) is 7.44. The van der Waals surface area contributed by atoms with Crippen molar-refractivity contribution in [3.05, 3.63) is 85.1 Å². The predicted octanol–water partition coefficient (Wildman–Crippen LogP) is 15.6. The van der Waals surface area contributed by atoms with Gasteiger partial charge in [0, 0.05) is 19.3 Å². The summed E-state index contributed by atoms with van der Waals surface area (Å²) in [4.78, 5) is 37.2. The molecule has 0 bridgehead atoms. The lowest BCUT2D eigenvalue weighted by atomic mass is 10.0. The van der Waals surface area contributed by atoms with E-state index in [1.165, 1.54) is 89.9 Å². The van der Waals surface area contributed by atoms with Crippen molar-refractivity contribution < 1.29 is 38.2 Å². The average molecular weight is 923 g/mol. The molecule has 0 aromatic heterocycles. The third kappa shape index (κ3) is 45.7. The van der Waals surface area contributed by atoms with Crippen molar-refractivity contribution in [2.24, 2.45) is 0 Å². The summed E-state index contributed by atoms with van der Waals surface area (Å²) in [5.41, 5.74) is 0. The number of carboxylic acid groups (broad SMARTS) is 1. The quantitative estimate of drug-likeness (QED) is 0.0281. The minimum atomic E-state index is -0.879. The summed E-state index contributed by atoms with van der Waals surface area (Å²) in [6, 6.07) is -0.622. The number of carboxylic acids is 1. The van der Waals surface area contributed by atoms with Crippen LogP contribution in [0.3, 0.4) is 0 Å². The van der Waals surface area contributed by atoms with Crippen molar-refractivity contribution in [3.8, 4) is 0 Å². The highest BCUT2D eigenvalue weighted by Gasteiger charge is 2.31. The number of esters is 2. The molecule has 0 aliphatic carbocycles. The number of rotatable bonds is 47. The number of hydrogen-bond donors (Lipinski definition) is 1. The highest BCUT2D eigenvalue weighted by Crippen LogP contribution is 2.15. The first-order valence-corrected chi connectivity index (χ1v) is 26.6. The molecule has 0 rings (SSSR count). The average Bonchev–Trinajstić information content (AvgIpc) is 3.28. The van der Waals surface area contributed by atoms with Crippen LogP contribution in [0.25, 0.3) is 0 Å². The zero-order chi connectivity index (χ0) is 48.4. The molecule has 1 N–H and O–H groups in total. The number of likely N-dealkylation sites (N-methyl/N-ethyl adjacent to an activating group) is 1. The van der Waals surface area contributed by atoms with Crippen LogP contribution in [0.4, 0.5) is 0 Å². The molecule has 0 aromatic carbocycles. The van der Waals surface area contributed by atoms with Crippen LogP contribution >= 0.6 is 0 Å². The molecular weight excluding hydrogens is 823 g/mol. The van der Waals surface area contributed by atoms with Gasteiger partial charge in [0.25, 0.3) is 0 Å². The highest BCUT2D eigenvalue weighted by atomic mass is 16.6. The molecular formula is C58H100NO7+. The molecule has 0 aromatic rings. The number of carbonyl (C=O) groups excluding carboxylic acids is 2. The number of allylic oxidation sites excluding steroid dienone is 14. The molecule has 66 heavy (non-hydrogen) atoms. The zero-order valence-electron chi connectivity index (χ0n) is 43.1. The Morgan fingerprint density at radius 3 is 1.26 bits per heavy atom. The number of nitrogens with zero attached hydrogens (tertiary/aromatic N) is 1. The maximum atomic E-state index is 12.8. The summed E-state index contributed by atoms with van der Waals surface area (Å²) in [5.74, 6) is -1.49. The molecule has 2 unspecified atom stereocenters. The van der Waals surface area contributed by atoms with E-state index >= 15 is 0 Å². The van der Waals surface area contributed by atoms with Gasteiger partial charge in [-0.2, -0.15) is 0 Å². The van der Waals surface area contributed by atoms with Gasteiger partial charge in [0.05, 0.1) is 34.4 Å². The second-order valence-corrected chi connectivity index (χ2v) is 18.7. The summed E-state index contributed by atoms with van der Waals surface area (Å²) in [6.45, 7) is 4.59. The Hall–Kier alpha value is -3.49. The maximum Gasteiger partial charge on any atom is 0.362 e. The van der Waals surface area contributed by atoms with Gasteiger partial charge in [-0.05, 0) is 89.9 Å². The van der Waals surface area contributed by atoms with Crippen LogP contribution in [0.5, 0.6) is 0 Å². The van der Waals surface area contributed by atoms with Gasteiger partial charge in [0.15, 0.2) is 12.1 Å². The molecule has 378 valence electrons. The van der Waals surface area contributed by atoms with Crippen molar-refractivity contribution in [2.75, 3.05) is 41.0 Å². The van der Waals surface area contributed by atoms with Crippen LogP contribution in [0.2, 0.25) is 0 Å². The Morgan fingerprint density at radius 1 is 0.470 bits per heavy atom. The van der Waals surface area contributed by atoms with E-state index < -0.39 is 18.1 Å². The van der Waals surface area contributed by atoms with Crippen molar-refractivity contribution in [1.29, 1.82) is 0 Å². The van der Waals surface area contributed by atoms with Gasteiger partial charge in [0.1, 0.15) is 6.61 Å². The van der Waals surface area contributed by atoms with Crippen LogP contribution in [0.15, 0.2) is 85.1 Å². The first-order chi connectivity index (χ1) is 32.1. The summed E-state index contributed by atoms with van der Waals surface area (Å²) < 4.78 is 17.4. The normalized spacial score (nSPS) is 13.5. The smallest absolute Gasteiger partial charge is 0.362 e. The Labute approximate surface area is 405 Å². The molecule has 0 radical (unpaired) electrons. The number of quaternary nitrogens is 1. The van der Waals surface area contributed by atoms with E-state index in [9.17, 15) is 19.5 Å². The molecule has 8 heteroatoms. The number of aliphatic carboxylic acids is 1. The largest absolute Gasteiger partial charge is 0.477 e. The Morgan fingerprint density at radius 2 is 0.848 bits per heavy atom. The minimum absolute atomic E-state index is 0.0513. The maximum absolute atomic E-state index is 12.8. The lowest BCUT2D eigenvalue weighted by molar-refractivity contribution is -0.887. The van der Waals surface area contributed by atoms with Crippen molar-refractivity contribution >= 4 is 17.9 Å². The second-order valence-electron chi connectivity index (χ2n) is 18.7. The van der Waals surface area contributed by atoms with Crippen molar-refractivity contribution in [2.45, 2.75) is 225 Å². The lowest BCUT2D eigenvalue weighted by Gasteiger charge is -2.31. The van der Waals surface area contributed by atoms with E-state index in [0.29, 0.717) is 19.3 Å². The summed E-state index contributed by atoms with van der Waals surface area (Å²) >= 11 is 0. The standard InChI is InChI=1S/C58H99NO7/c1-6-8-10-12-14-16-18-20-22-24-26-27-28-29-31-33-35-37-39-41-43-45-47-49-57(61)66-54(52-64-51-50-55(58(62)63)59(3,4)5)53-65-56(60)48-46-44-42-40-38-36-34-32-30-25-23-21-19-17-15-13-11-9-7-2/h8,10,14-17,20-23,26-27,30,32,54-55H,6-7,9,11-13,18-19,24-25,28-29,31,33-53H2,1-5H3/p+1/b10-8-,16-14-,17-15-,22-20-,23-21-,27-26-,32-30-. The molecule has 0 fully saturated rings. The van der Waals surface area contributed by atoms with E-state index in [1.54, 1.807) is 0 Å². The Balaban J connectivity index is 4.26. The molecule has 0 amide bonds. The lowest BCUT2D eigenvalue weighted by Crippen LogP contribution is -2.50. The zero-order valence-corrected chi connectivity index (χ0v) is 43.1. The number of hydrogen-bond acceptors (Lipinski definition) is 6. The summed E-state index contributed by atoms with van der Waals surface area (Å²) in [6.07, 6.45) is 63.4. The van der Waals surface area contributed by atoms with E-state index in [1.807, 2.05) is 21.1 Å². The van der Waals surface area contributed by atoms with Crippen molar-refractivity contribution in [1.82, 2.24) is 0 Å². The van der Waals surface area contributed by atoms with Crippen LogP contribution in [-0.2, 0) is 28.6 Å². The molecule has 0 saturated carbocycles. The third-order valence-electron chi connectivity index (χ3n) is 11.5. The van der Waals surface area contributed by atoms with Gasteiger partial charge in [-0.1, -0.05) is 189 Å². The number of ether oxygens (including phenoxy) is 3. The van der Waals surface area contributed by atoms with E-state index in [4.69, 9.17) is 14.2 Å². The van der Waals surface area contributed by atoms with E-state index in [-0.39, 0.29) is 36.2 Å². The molecule has 2 atom stereocenters. The second kappa shape index (κ2) is 48.0. The van der Waals surface area contributed by atoms with Crippen LogP contribution in [0.1, 0.15) is 213 Å². The van der Waals surface area contributed by atoms with Gasteiger partial charge in [0.2, 0.25) is 0 Å². The predicted molar refractivity (Wildman–Crippen MR) is 280 cm³/mol. The molecule has 8 nitrogen and oxygen atoms in total. The van der Waals surface area contributed by atoms with Gasteiger partial charge >= 0.3 is 17.9 Å². The fraction of sp³-hybridized carbons (Fsp3) is 0.707. The van der Waals surface area contributed by atoms with Gasteiger partial charge in [-0.15, -0.1) is 0 Å². The van der Waals surface area contributed by atoms with Crippen LogP contribution in [-0.4, -0.2) is 80.6 Å². The molecule has 0 heterocycles. The Kier molecular flexibility index (Phi) is 45.4. The first-order valence-electron chi connectivity index (χ1n) is 26.6.